The van der Waals surface area contributed by atoms with Crippen molar-refractivity contribution < 1.29 is 9.53 Å². The van der Waals surface area contributed by atoms with Crippen molar-refractivity contribution in [2.24, 2.45) is 0 Å². The summed E-state index contributed by atoms with van der Waals surface area (Å²) in [5, 5.41) is 2.89. The molecule has 0 fully saturated rings. The molecule has 0 aliphatic carbocycles. The van der Waals surface area contributed by atoms with Crippen LogP contribution in [0.2, 0.25) is 0 Å². The van der Waals surface area contributed by atoms with Gasteiger partial charge >= 0.3 is 0 Å². The molecule has 3 nitrogen and oxygen atoms in total. The molecule has 1 amide bonds. The molecule has 1 N–H and O–H groups in total. The molecule has 0 saturated carbocycles. The third-order valence-corrected chi connectivity index (χ3v) is 2.34. The number of carbonyl (C=O) groups is 1. The van der Waals surface area contributed by atoms with Gasteiger partial charge in [-0.1, -0.05) is 18.2 Å². The summed E-state index contributed by atoms with van der Waals surface area (Å²) < 4.78 is 5.42. The maximum absolute atomic E-state index is 11.6. The van der Waals surface area contributed by atoms with Crippen LogP contribution in [0.15, 0.2) is 30.3 Å². The molecule has 0 aliphatic rings. The molecule has 0 heterocycles. The first-order valence-corrected chi connectivity index (χ1v) is 6.15. The third kappa shape index (κ3) is 6.07. The fourth-order valence-corrected chi connectivity index (χ4v) is 1.44. The molecule has 94 valence electrons. The van der Waals surface area contributed by atoms with Crippen molar-refractivity contribution >= 4 is 5.91 Å². The lowest BCUT2D eigenvalue weighted by atomic mass is 10.2. The van der Waals surface area contributed by atoms with Gasteiger partial charge in [-0.25, -0.2) is 0 Å². The molecule has 0 spiro atoms. The quantitative estimate of drug-likeness (QED) is 0.738. The number of unbranched alkanes of at least 4 members (excludes halogenated alkanes) is 1. The fourth-order valence-electron chi connectivity index (χ4n) is 1.44. The molecule has 1 rings (SSSR count). The van der Waals surface area contributed by atoms with Gasteiger partial charge in [0, 0.05) is 18.7 Å². The van der Waals surface area contributed by atoms with Crippen molar-refractivity contribution in [3.05, 3.63) is 35.9 Å². The molecule has 0 aliphatic heterocycles. The summed E-state index contributed by atoms with van der Waals surface area (Å²) in [5.74, 6) is -0.00428. The monoisotopic (exact) mass is 235 g/mol. The van der Waals surface area contributed by atoms with Gasteiger partial charge in [0.1, 0.15) is 0 Å². The van der Waals surface area contributed by atoms with Gasteiger partial charge in [-0.15, -0.1) is 0 Å². The van der Waals surface area contributed by atoms with Gasteiger partial charge in [0.15, 0.2) is 0 Å². The summed E-state index contributed by atoms with van der Waals surface area (Å²) >= 11 is 0. The van der Waals surface area contributed by atoms with Gasteiger partial charge in [-0.2, -0.15) is 0 Å². The number of hydrogen-bond acceptors (Lipinski definition) is 2. The summed E-state index contributed by atoms with van der Waals surface area (Å²) in [4.78, 5) is 11.6. The SMILES string of the molecule is CC(C)OCCCCNC(=O)c1ccccc1. The van der Waals surface area contributed by atoms with Crippen molar-refractivity contribution in [1.82, 2.24) is 5.32 Å². The van der Waals surface area contributed by atoms with E-state index in [9.17, 15) is 4.79 Å². The molecule has 0 atom stereocenters. The zero-order valence-corrected chi connectivity index (χ0v) is 10.6. The number of rotatable bonds is 7. The van der Waals surface area contributed by atoms with E-state index in [-0.39, 0.29) is 12.0 Å². The topological polar surface area (TPSA) is 38.3 Å². The summed E-state index contributed by atoms with van der Waals surface area (Å²) in [7, 11) is 0. The molecule has 0 aromatic heterocycles. The molecule has 3 heteroatoms. The van der Waals surface area contributed by atoms with E-state index in [4.69, 9.17) is 4.74 Å². The van der Waals surface area contributed by atoms with Gasteiger partial charge in [0.2, 0.25) is 0 Å². The fraction of sp³-hybridized carbons (Fsp3) is 0.500. The zero-order valence-electron chi connectivity index (χ0n) is 10.6. The molecule has 0 radical (unpaired) electrons. The molecule has 0 saturated heterocycles. The second kappa shape index (κ2) is 7.85. The number of amides is 1. The minimum absolute atomic E-state index is 0.00428. The Balaban J connectivity index is 2.09. The van der Waals surface area contributed by atoms with E-state index in [2.05, 4.69) is 5.32 Å². The van der Waals surface area contributed by atoms with E-state index in [1.54, 1.807) is 0 Å². The zero-order chi connectivity index (χ0) is 12.5. The Morgan fingerprint density at radius 2 is 1.94 bits per heavy atom. The summed E-state index contributed by atoms with van der Waals surface area (Å²) in [6, 6.07) is 9.27. The van der Waals surface area contributed by atoms with Crippen LogP contribution in [-0.4, -0.2) is 25.2 Å². The number of ether oxygens (including phenoxy) is 1. The minimum Gasteiger partial charge on any atom is -0.379 e. The minimum atomic E-state index is -0.00428. The standard InChI is InChI=1S/C14H21NO2/c1-12(2)17-11-7-6-10-15-14(16)13-8-4-3-5-9-13/h3-5,8-9,12H,6-7,10-11H2,1-2H3,(H,15,16). The van der Waals surface area contributed by atoms with Crippen molar-refractivity contribution in [2.75, 3.05) is 13.2 Å². The van der Waals surface area contributed by atoms with Gasteiger partial charge < -0.3 is 10.1 Å². The molecule has 1 aromatic rings. The highest BCUT2D eigenvalue weighted by atomic mass is 16.5. The van der Waals surface area contributed by atoms with Crippen LogP contribution in [0, 0.1) is 0 Å². The Morgan fingerprint density at radius 1 is 1.24 bits per heavy atom. The van der Waals surface area contributed by atoms with Crippen molar-refractivity contribution in [2.45, 2.75) is 32.8 Å². The van der Waals surface area contributed by atoms with Gasteiger partial charge in [-0.3, -0.25) is 4.79 Å². The third-order valence-electron chi connectivity index (χ3n) is 2.34. The maximum atomic E-state index is 11.6. The maximum Gasteiger partial charge on any atom is 0.251 e. The average molecular weight is 235 g/mol. The summed E-state index contributed by atoms with van der Waals surface area (Å²) in [6.07, 6.45) is 2.22. The van der Waals surface area contributed by atoms with E-state index < -0.39 is 0 Å². The predicted octanol–water partition coefficient (Wildman–Crippen LogP) is 2.62. The first kappa shape index (κ1) is 13.7. The van der Waals surface area contributed by atoms with E-state index >= 15 is 0 Å². The van der Waals surface area contributed by atoms with Crippen molar-refractivity contribution in [1.29, 1.82) is 0 Å². The Morgan fingerprint density at radius 3 is 2.59 bits per heavy atom. The summed E-state index contributed by atoms with van der Waals surface area (Å²) in [6.45, 7) is 5.52. The van der Waals surface area contributed by atoms with Crippen molar-refractivity contribution in [3.8, 4) is 0 Å². The highest BCUT2D eigenvalue weighted by molar-refractivity contribution is 5.94. The van der Waals surface area contributed by atoms with Gasteiger partial charge in [0.05, 0.1) is 6.10 Å². The first-order chi connectivity index (χ1) is 8.20. The highest BCUT2D eigenvalue weighted by Gasteiger charge is 2.02. The lowest BCUT2D eigenvalue weighted by Gasteiger charge is -2.08. The molecule has 17 heavy (non-hydrogen) atoms. The van der Waals surface area contributed by atoms with E-state index in [0.717, 1.165) is 19.4 Å². The predicted molar refractivity (Wildman–Crippen MR) is 69.1 cm³/mol. The lowest BCUT2D eigenvalue weighted by molar-refractivity contribution is 0.0754. The Bertz CT molecular complexity index is 322. The second-order valence-corrected chi connectivity index (χ2v) is 4.25. The van der Waals surface area contributed by atoms with Crippen LogP contribution in [0.4, 0.5) is 0 Å². The molecular formula is C14H21NO2. The lowest BCUT2D eigenvalue weighted by Crippen LogP contribution is -2.24. The van der Waals surface area contributed by atoms with Gasteiger partial charge in [-0.05, 0) is 38.8 Å². The Labute approximate surface area is 103 Å². The van der Waals surface area contributed by atoms with Crippen LogP contribution in [0.1, 0.15) is 37.0 Å². The van der Waals surface area contributed by atoms with Crippen LogP contribution in [-0.2, 0) is 4.74 Å². The Kier molecular flexibility index (Phi) is 6.33. The molecule has 0 unspecified atom stereocenters. The average Bonchev–Trinajstić information content (AvgIpc) is 2.34. The van der Waals surface area contributed by atoms with Crippen LogP contribution in [0.5, 0.6) is 0 Å². The largest absolute Gasteiger partial charge is 0.379 e. The number of nitrogens with one attached hydrogen (secondary N) is 1. The van der Waals surface area contributed by atoms with E-state index in [1.165, 1.54) is 0 Å². The number of carbonyl (C=O) groups excluding carboxylic acids is 1. The second-order valence-electron chi connectivity index (χ2n) is 4.25. The normalized spacial score (nSPS) is 10.5. The van der Waals surface area contributed by atoms with Crippen molar-refractivity contribution in [3.63, 3.8) is 0 Å². The van der Waals surface area contributed by atoms with Crippen LogP contribution >= 0.6 is 0 Å². The first-order valence-electron chi connectivity index (χ1n) is 6.15. The highest BCUT2D eigenvalue weighted by Crippen LogP contribution is 1.98. The molecular weight excluding hydrogens is 214 g/mol. The van der Waals surface area contributed by atoms with Crippen LogP contribution in [0.25, 0.3) is 0 Å². The van der Waals surface area contributed by atoms with Gasteiger partial charge in [0.25, 0.3) is 5.91 Å². The number of hydrogen-bond donors (Lipinski definition) is 1. The van der Waals surface area contributed by atoms with E-state index in [1.807, 2.05) is 44.2 Å². The van der Waals surface area contributed by atoms with Crippen LogP contribution < -0.4 is 5.32 Å². The molecule has 1 aromatic carbocycles. The van der Waals surface area contributed by atoms with Crippen LogP contribution in [0.3, 0.4) is 0 Å². The number of benzene rings is 1. The summed E-state index contributed by atoms with van der Waals surface area (Å²) in [5.41, 5.74) is 0.714. The van der Waals surface area contributed by atoms with E-state index in [0.29, 0.717) is 12.1 Å². The smallest absolute Gasteiger partial charge is 0.251 e. The Hall–Kier alpha value is -1.35. The molecule has 0 bridgehead atoms.